The van der Waals surface area contributed by atoms with E-state index < -0.39 is 0 Å². The molecule has 2 nitrogen and oxygen atoms in total. The number of nitrogens with one attached hydrogen (secondary N) is 1. The molecule has 1 aromatic heterocycles. The zero-order valence-electron chi connectivity index (χ0n) is 12.5. The van der Waals surface area contributed by atoms with Gasteiger partial charge in [0.15, 0.2) is 0 Å². The maximum atomic E-state index is 5.94. The van der Waals surface area contributed by atoms with Gasteiger partial charge < -0.3 is 9.73 Å². The third-order valence-electron chi connectivity index (χ3n) is 4.19. The quantitative estimate of drug-likeness (QED) is 0.813. The number of anilines is 1. The van der Waals surface area contributed by atoms with Gasteiger partial charge in [0, 0.05) is 11.6 Å². The third kappa shape index (κ3) is 2.74. The Balaban J connectivity index is 1.66. The maximum absolute atomic E-state index is 5.94. The summed E-state index contributed by atoms with van der Waals surface area (Å²) in [6, 6.07) is 12.7. The smallest absolute Gasteiger partial charge is 0.123 e. The summed E-state index contributed by atoms with van der Waals surface area (Å²) in [7, 11) is 0. The molecule has 1 aromatic carbocycles. The van der Waals surface area contributed by atoms with Gasteiger partial charge in [0.1, 0.15) is 11.5 Å². The third-order valence-corrected chi connectivity index (χ3v) is 4.19. The maximum Gasteiger partial charge on any atom is 0.123 e. The van der Waals surface area contributed by atoms with Crippen molar-refractivity contribution in [2.24, 2.45) is 5.92 Å². The van der Waals surface area contributed by atoms with Gasteiger partial charge in [0.05, 0.1) is 6.54 Å². The Morgan fingerprint density at radius 2 is 1.95 bits per heavy atom. The molecular weight excluding hydrogens is 246 g/mol. The molecule has 2 aromatic rings. The van der Waals surface area contributed by atoms with Crippen molar-refractivity contribution in [2.45, 2.75) is 45.6 Å². The van der Waals surface area contributed by atoms with Crippen LogP contribution in [0.4, 0.5) is 5.69 Å². The highest BCUT2D eigenvalue weighted by Crippen LogP contribution is 2.47. The first-order valence-corrected chi connectivity index (χ1v) is 7.56. The molecule has 2 heteroatoms. The first kappa shape index (κ1) is 13.3. The summed E-state index contributed by atoms with van der Waals surface area (Å²) in [5.74, 6) is 4.16. The Bertz CT molecular complexity index is 585. The molecular formula is C18H23NO. The lowest BCUT2D eigenvalue weighted by atomic mass is 10.0. The van der Waals surface area contributed by atoms with Crippen LogP contribution in [0, 0.1) is 5.92 Å². The van der Waals surface area contributed by atoms with Gasteiger partial charge in [-0.15, -0.1) is 0 Å². The van der Waals surface area contributed by atoms with E-state index in [2.05, 4.69) is 62.5 Å². The molecule has 0 bridgehead atoms. The number of rotatable bonds is 5. The van der Waals surface area contributed by atoms with Crippen molar-refractivity contribution < 1.29 is 4.42 Å². The number of benzene rings is 1. The lowest BCUT2D eigenvalue weighted by Crippen LogP contribution is -2.02. The number of para-hydroxylation sites is 1. The van der Waals surface area contributed by atoms with Crippen LogP contribution in [0.3, 0.4) is 0 Å². The van der Waals surface area contributed by atoms with Crippen LogP contribution in [0.15, 0.2) is 40.8 Å². The molecule has 1 fully saturated rings. The number of hydrogen-bond donors (Lipinski definition) is 1. The zero-order valence-corrected chi connectivity index (χ0v) is 12.5. The molecule has 3 rings (SSSR count). The summed E-state index contributed by atoms with van der Waals surface area (Å²) < 4.78 is 5.94. The molecule has 0 spiro atoms. The van der Waals surface area contributed by atoms with Crippen LogP contribution < -0.4 is 5.32 Å². The minimum Gasteiger partial charge on any atom is -0.464 e. The molecule has 0 aliphatic heterocycles. The van der Waals surface area contributed by atoms with Gasteiger partial charge >= 0.3 is 0 Å². The summed E-state index contributed by atoms with van der Waals surface area (Å²) in [6.45, 7) is 7.48. The Labute approximate surface area is 121 Å². The van der Waals surface area contributed by atoms with Gasteiger partial charge in [-0.05, 0) is 42.0 Å². The Kier molecular flexibility index (Phi) is 3.56. The van der Waals surface area contributed by atoms with Crippen LogP contribution in [0.2, 0.25) is 0 Å². The first-order valence-electron chi connectivity index (χ1n) is 7.56. The highest BCUT2D eigenvalue weighted by molar-refractivity contribution is 5.52. The molecule has 0 saturated heterocycles. The fraction of sp³-hybridized carbons (Fsp3) is 0.444. The van der Waals surface area contributed by atoms with Crippen molar-refractivity contribution in [1.82, 2.24) is 0 Å². The van der Waals surface area contributed by atoms with Gasteiger partial charge in [0.25, 0.3) is 0 Å². The van der Waals surface area contributed by atoms with Gasteiger partial charge in [-0.1, -0.05) is 39.0 Å². The molecule has 1 heterocycles. The average molecular weight is 269 g/mol. The van der Waals surface area contributed by atoms with Crippen LogP contribution in [-0.4, -0.2) is 0 Å². The monoisotopic (exact) mass is 269 g/mol. The van der Waals surface area contributed by atoms with Gasteiger partial charge in [-0.25, -0.2) is 0 Å². The van der Waals surface area contributed by atoms with Crippen LogP contribution in [0.5, 0.6) is 0 Å². The molecule has 0 radical (unpaired) electrons. The molecule has 2 unspecified atom stereocenters. The van der Waals surface area contributed by atoms with E-state index in [1.165, 1.54) is 17.7 Å². The van der Waals surface area contributed by atoms with Crippen molar-refractivity contribution in [3.8, 4) is 0 Å². The molecule has 0 amide bonds. The second kappa shape index (κ2) is 5.35. The fourth-order valence-corrected chi connectivity index (χ4v) is 2.75. The van der Waals surface area contributed by atoms with Crippen molar-refractivity contribution in [1.29, 1.82) is 0 Å². The van der Waals surface area contributed by atoms with E-state index in [0.717, 1.165) is 24.0 Å². The zero-order chi connectivity index (χ0) is 14.1. The predicted octanol–water partition coefficient (Wildman–Crippen LogP) is 5.14. The molecule has 1 N–H and O–H groups in total. The summed E-state index contributed by atoms with van der Waals surface area (Å²) in [5.41, 5.74) is 2.57. The summed E-state index contributed by atoms with van der Waals surface area (Å²) in [6.07, 6.45) is 1.27. The van der Waals surface area contributed by atoms with Gasteiger partial charge in [-0.2, -0.15) is 0 Å². The first-order chi connectivity index (χ1) is 9.65. The van der Waals surface area contributed by atoms with Crippen molar-refractivity contribution in [3.63, 3.8) is 0 Å². The number of hydrogen-bond acceptors (Lipinski definition) is 2. The second-order valence-corrected chi connectivity index (χ2v) is 6.22. The van der Waals surface area contributed by atoms with Crippen molar-refractivity contribution >= 4 is 5.69 Å². The molecule has 1 saturated carbocycles. The number of furan rings is 1. The van der Waals surface area contributed by atoms with Gasteiger partial charge in [-0.3, -0.25) is 0 Å². The van der Waals surface area contributed by atoms with Crippen LogP contribution >= 0.6 is 0 Å². The van der Waals surface area contributed by atoms with Crippen molar-refractivity contribution in [2.75, 3.05) is 5.32 Å². The van der Waals surface area contributed by atoms with E-state index in [1.807, 2.05) is 0 Å². The highest BCUT2D eigenvalue weighted by Gasteiger charge is 2.36. The van der Waals surface area contributed by atoms with Crippen LogP contribution in [0.25, 0.3) is 0 Å². The molecule has 1 aliphatic carbocycles. The summed E-state index contributed by atoms with van der Waals surface area (Å²) >= 11 is 0. The second-order valence-electron chi connectivity index (χ2n) is 6.22. The summed E-state index contributed by atoms with van der Waals surface area (Å²) in [4.78, 5) is 0. The Hall–Kier alpha value is -1.70. The summed E-state index contributed by atoms with van der Waals surface area (Å²) in [5, 5.41) is 3.50. The average Bonchev–Trinajstić information content (AvgIpc) is 3.00. The highest BCUT2D eigenvalue weighted by atomic mass is 16.3. The van der Waals surface area contributed by atoms with E-state index >= 15 is 0 Å². The van der Waals surface area contributed by atoms with E-state index in [0.29, 0.717) is 11.8 Å². The molecule has 2 atom stereocenters. The minimum absolute atomic E-state index is 0.526. The van der Waals surface area contributed by atoms with E-state index in [1.54, 1.807) is 0 Å². The lowest BCUT2D eigenvalue weighted by molar-refractivity contribution is 0.468. The molecule has 1 aliphatic rings. The minimum atomic E-state index is 0.526. The Morgan fingerprint density at radius 1 is 1.20 bits per heavy atom. The SMILES string of the molecule is CC(C)c1ccccc1NCc1ccc(C2CC2C)o1. The fourth-order valence-electron chi connectivity index (χ4n) is 2.75. The van der Waals surface area contributed by atoms with Crippen molar-refractivity contribution in [3.05, 3.63) is 53.5 Å². The van der Waals surface area contributed by atoms with E-state index in [-0.39, 0.29) is 0 Å². The normalized spacial score (nSPS) is 21.2. The van der Waals surface area contributed by atoms with E-state index in [9.17, 15) is 0 Å². The lowest BCUT2D eigenvalue weighted by Gasteiger charge is -2.13. The predicted molar refractivity (Wildman–Crippen MR) is 83.1 cm³/mol. The largest absolute Gasteiger partial charge is 0.464 e. The molecule has 20 heavy (non-hydrogen) atoms. The van der Waals surface area contributed by atoms with Crippen LogP contribution in [0.1, 0.15) is 56.1 Å². The van der Waals surface area contributed by atoms with E-state index in [4.69, 9.17) is 4.42 Å². The van der Waals surface area contributed by atoms with Crippen LogP contribution in [-0.2, 0) is 6.54 Å². The standard InChI is InChI=1S/C18H23NO/c1-12(2)15-6-4-5-7-17(15)19-11-14-8-9-18(20-14)16-10-13(16)3/h4-9,12-13,16,19H,10-11H2,1-3H3. The van der Waals surface area contributed by atoms with Gasteiger partial charge in [0.2, 0.25) is 0 Å². The molecule has 106 valence electrons. The topological polar surface area (TPSA) is 25.2 Å². The Morgan fingerprint density at radius 3 is 2.65 bits per heavy atom.